The molecule has 4 nitrogen and oxygen atoms in total. The third-order valence-corrected chi connectivity index (χ3v) is 3.44. The molecule has 0 aliphatic carbocycles. The Morgan fingerprint density at radius 1 is 1.50 bits per heavy atom. The van der Waals surface area contributed by atoms with Crippen molar-refractivity contribution in [1.29, 1.82) is 0 Å². The quantitative estimate of drug-likeness (QED) is 0.930. The number of halogens is 2. The van der Waals surface area contributed by atoms with Gasteiger partial charge in [-0.25, -0.2) is 4.39 Å². The summed E-state index contributed by atoms with van der Waals surface area (Å²) in [6.07, 6.45) is 2.65. The molecule has 106 valence electrons. The van der Waals surface area contributed by atoms with Crippen LogP contribution >= 0.6 is 15.9 Å². The fourth-order valence-electron chi connectivity index (χ4n) is 1.97. The maximum atomic E-state index is 13.7. The minimum atomic E-state index is -0.543. The Bertz CT molecular complexity index is 639. The number of aromatic nitrogens is 2. The number of rotatable bonds is 4. The first-order valence-corrected chi connectivity index (χ1v) is 7.05. The van der Waals surface area contributed by atoms with E-state index in [4.69, 9.17) is 0 Å². The van der Waals surface area contributed by atoms with Crippen LogP contribution in [0, 0.1) is 5.82 Å². The van der Waals surface area contributed by atoms with Crippen molar-refractivity contribution in [2.24, 2.45) is 7.05 Å². The summed E-state index contributed by atoms with van der Waals surface area (Å²) in [4.78, 5) is 12.0. The van der Waals surface area contributed by atoms with Crippen LogP contribution in [0.15, 0.2) is 28.9 Å². The molecule has 0 aliphatic rings. The lowest BCUT2D eigenvalue weighted by molar-refractivity contribution is 0.0947. The summed E-state index contributed by atoms with van der Waals surface area (Å²) in [6.45, 7) is 2.34. The Morgan fingerprint density at radius 2 is 2.25 bits per heavy atom. The fraction of sp³-hybridized carbons (Fsp3) is 0.286. The molecule has 1 N–H and O–H groups in total. The van der Waals surface area contributed by atoms with Gasteiger partial charge in [0.15, 0.2) is 0 Å². The molecule has 0 spiro atoms. The van der Waals surface area contributed by atoms with Crippen LogP contribution in [0.1, 0.15) is 28.5 Å². The summed E-state index contributed by atoms with van der Waals surface area (Å²) in [5.41, 5.74) is 1.92. The number of amides is 1. The molecule has 1 heterocycles. The average molecular weight is 340 g/mol. The lowest BCUT2D eigenvalue weighted by Gasteiger charge is -2.06. The Labute approximate surface area is 125 Å². The first-order chi connectivity index (χ1) is 9.51. The molecular formula is C14H15BrFN3O. The van der Waals surface area contributed by atoms with E-state index in [2.05, 4.69) is 26.3 Å². The average Bonchev–Trinajstić information content (AvgIpc) is 2.76. The third-order valence-electron chi connectivity index (χ3n) is 2.94. The van der Waals surface area contributed by atoms with E-state index in [-0.39, 0.29) is 5.56 Å². The Balaban J connectivity index is 2.08. The maximum absolute atomic E-state index is 13.7. The van der Waals surface area contributed by atoms with Crippen molar-refractivity contribution in [3.05, 3.63) is 51.5 Å². The second-order valence-corrected chi connectivity index (χ2v) is 5.35. The zero-order valence-corrected chi connectivity index (χ0v) is 12.9. The molecule has 0 unspecified atom stereocenters. The molecule has 0 atom stereocenters. The van der Waals surface area contributed by atoms with Crippen LogP contribution in [-0.4, -0.2) is 15.7 Å². The van der Waals surface area contributed by atoms with Gasteiger partial charge in [0, 0.05) is 29.8 Å². The first-order valence-electron chi connectivity index (χ1n) is 6.26. The molecule has 1 amide bonds. The predicted molar refractivity (Wildman–Crippen MR) is 77.9 cm³/mol. The number of hydrogen-bond acceptors (Lipinski definition) is 2. The third kappa shape index (κ3) is 3.25. The summed E-state index contributed by atoms with van der Waals surface area (Å²) < 4.78 is 16.0. The minimum absolute atomic E-state index is 0.0372. The molecular weight excluding hydrogens is 325 g/mol. The van der Waals surface area contributed by atoms with E-state index < -0.39 is 11.7 Å². The van der Waals surface area contributed by atoms with Crippen LogP contribution in [0.3, 0.4) is 0 Å². The fourth-order valence-corrected chi connectivity index (χ4v) is 2.31. The maximum Gasteiger partial charge on any atom is 0.254 e. The summed E-state index contributed by atoms with van der Waals surface area (Å²) in [5, 5.41) is 7.01. The molecule has 0 aliphatic heterocycles. The molecule has 1 aromatic heterocycles. The molecule has 6 heteroatoms. The van der Waals surface area contributed by atoms with Gasteiger partial charge in [0.25, 0.3) is 5.91 Å². The molecule has 0 saturated heterocycles. The molecule has 20 heavy (non-hydrogen) atoms. The van der Waals surface area contributed by atoms with E-state index in [1.165, 1.54) is 12.1 Å². The van der Waals surface area contributed by atoms with Gasteiger partial charge in [-0.2, -0.15) is 5.10 Å². The molecule has 0 bridgehead atoms. The lowest BCUT2D eigenvalue weighted by Crippen LogP contribution is -2.24. The molecule has 1 aromatic carbocycles. The number of aryl methyl sites for hydroxylation is 2. The van der Waals surface area contributed by atoms with Crippen LogP contribution in [0.25, 0.3) is 0 Å². The van der Waals surface area contributed by atoms with Crippen LogP contribution in [-0.2, 0) is 20.0 Å². The number of benzene rings is 1. The van der Waals surface area contributed by atoms with E-state index in [9.17, 15) is 9.18 Å². The topological polar surface area (TPSA) is 46.9 Å². The summed E-state index contributed by atoms with van der Waals surface area (Å²) >= 11 is 3.16. The predicted octanol–water partition coefficient (Wildman–Crippen LogP) is 2.81. The smallest absolute Gasteiger partial charge is 0.254 e. The summed E-state index contributed by atoms with van der Waals surface area (Å²) in [6, 6.07) is 4.37. The van der Waals surface area contributed by atoms with Gasteiger partial charge in [-0.15, -0.1) is 0 Å². The van der Waals surface area contributed by atoms with Crippen molar-refractivity contribution < 1.29 is 9.18 Å². The van der Waals surface area contributed by atoms with Gasteiger partial charge >= 0.3 is 0 Å². The Kier molecular flexibility index (Phi) is 4.54. The highest BCUT2D eigenvalue weighted by molar-refractivity contribution is 9.10. The summed E-state index contributed by atoms with van der Waals surface area (Å²) in [7, 11) is 1.83. The SMILES string of the molecule is CCc1nn(C)cc1CNC(=O)c1ccc(Br)cc1F. The van der Waals surface area contributed by atoms with E-state index in [0.29, 0.717) is 11.0 Å². The second kappa shape index (κ2) is 6.17. The summed E-state index contributed by atoms with van der Waals surface area (Å²) in [5.74, 6) is -0.973. The zero-order chi connectivity index (χ0) is 14.7. The van der Waals surface area contributed by atoms with Gasteiger partial charge in [-0.05, 0) is 24.6 Å². The van der Waals surface area contributed by atoms with Gasteiger partial charge in [-0.1, -0.05) is 22.9 Å². The first kappa shape index (κ1) is 14.7. The van der Waals surface area contributed by atoms with Crippen LogP contribution in [0.5, 0.6) is 0 Å². The van der Waals surface area contributed by atoms with E-state index in [1.54, 1.807) is 10.7 Å². The standard InChI is InChI=1S/C14H15BrFN3O/c1-3-13-9(8-19(2)18-13)7-17-14(20)11-5-4-10(15)6-12(11)16/h4-6,8H,3,7H2,1-2H3,(H,17,20). The van der Waals surface area contributed by atoms with E-state index in [1.807, 2.05) is 20.2 Å². The number of hydrogen-bond donors (Lipinski definition) is 1. The number of carbonyl (C=O) groups is 1. The highest BCUT2D eigenvalue weighted by Gasteiger charge is 2.13. The number of carbonyl (C=O) groups excluding carboxylic acids is 1. The van der Waals surface area contributed by atoms with Gasteiger partial charge in [-0.3, -0.25) is 9.48 Å². The molecule has 0 saturated carbocycles. The van der Waals surface area contributed by atoms with Gasteiger partial charge in [0.2, 0.25) is 0 Å². The highest BCUT2D eigenvalue weighted by atomic mass is 79.9. The van der Waals surface area contributed by atoms with Crippen molar-refractivity contribution in [3.8, 4) is 0 Å². The number of nitrogens with zero attached hydrogens (tertiary/aromatic N) is 2. The monoisotopic (exact) mass is 339 g/mol. The number of nitrogens with one attached hydrogen (secondary N) is 1. The Morgan fingerprint density at radius 3 is 2.90 bits per heavy atom. The van der Waals surface area contributed by atoms with E-state index in [0.717, 1.165) is 17.7 Å². The van der Waals surface area contributed by atoms with Crippen molar-refractivity contribution in [3.63, 3.8) is 0 Å². The zero-order valence-electron chi connectivity index (χ0n) is 11.3. The largest absolute Gasteiger partial charge is 0.348 e. The van der Waals surface area contributed by atoms with Crippen molar-refractivity contribution in [2.45, 2.75) is 19.9 Å². The van der Waals surface area contributed by atoms with Gasteiger partial charge < -0.3 is 5.32 Å². The van der Waals surface area contributed by atoms with Crippen LogP contribution in [0.4, 0.5) is 4.39 Å². The van der Waals surface area contributed by atoms with Crippen molar-refractivity contribution in [2.75, 3.05) is 0 Å². The molecule has 0 radical (unpaired) electrons. The molecule has 2 rings (SSSR count). The van der Waals surface area contributed by atoms with Crippen LogP contribution < -0.4 is 5.32 Å². The molecule has 2 aromatic rings. The second-order valence-electron chi connectivity index (χ2n) is 4.44. The minimum Gasteiger partial charge on any atom is -0.348 e. The lowest BCUT2D eigenvalue weighted by atomic mass is 10.2. The van der Waals surface area contributed by atoms with Gasteiger partial charge in [0.1, 0.15) is 5.82 Å². The highest BCUT2D eigenvalue weighted by Crippen LogP contribution is 2.15. The van der Waals surface area contributed by atoms with E-state index >= 15 is 0 Å². The van der Waals surface area contributed by atoms with Crippen molar-refractivity contribution in [1.82, 2.24) is 15.1 Å². The van der Waals surface area contributed by atoms with Gasteiger partial charge in [0.05, 0.1) is 11.3 Å². The van der Waals surface area contributed by atoms with Crippen molar-refractivity contribution >= 4 is 21.8 Å². The molecule has 0 fully saturated rings. The normalized spacial score (nSPS) is 10.6. The van der Waals surface area contributed by atoms with Crippen LogP contribution in [0.2, 0.25) is 0 Å². The Hall–Kier alpha value is -1.69.